The number of carbonyl (C=O) groups is 1. The molecule has 0 aromatic carbocycles. The number of carbonyl (C=O) groups excluding carboxylic acids is 1. The molecule has 1 unspecified atom stereocenters. The molecule has 1 aromatic heterocycles. The third kappa shape index (κ3) is 2.14. The summed E-state index contributed by atoms with van der Waals surface area (Å²) < 4.78 is 17.4. The lowest BCUT2D eigenvalue weighted by Gasteiger charge is -2.12. The number of nitrogens with zero attached hydrogens (tertiary/aromatic N) is 1. The molecule has 1 fully saturated rings. The number of methoxy groups -OCH3 is 1. The third-order valence-electron chi connectivity index (χ3n) is 2.62. The molecule has 0 saturated heterocycles. The van der Waals surface area contributed by atoms with E-state index in [1.807, 2.05) is 0 Å². The Labute approximate surface area is 87.3 Å². The summed E-state index contributed by atoms with van der Waals surface area (Å²) in [6.07, 6.45) is 3.16. The van der Waals surface area contributed by atoms with Crippen molar-refractivity contribution >= 4 is 5.97 Å². The Morgan fingerprint density at radius 3 is 2.80 bits per heavy atom. The molecule has 1 aliphatic carbocycles. The Morgan fingerprint density at radius 2 is 2.33 bits per heavy atom. The number of hydrogen-bond acceptors (Lipinski definition) is 3. The molecule has 15 heavy (non-hydrogen) atoms. The maximum absolute atomic E-state index is 12.7. The summed E-state index contributed by atoms with van der Waals surface area (Å²) in [7, 11) is 1.36. The van der Waals surface area contributed by atoms with E-state index < -0.39 is 5.82 Å². The second kappa shape index (κ2) is 3.96. The average molecular weight is 209 g/mol. The maximum atomic E-state index is 12.7. The van der Waals surface area contributed by atoms with Gasteiger partial charge in [0.2, 0.25) is 0 Å². The zero-order valence-electron chi connectivity index (χ0n) is 8.44. The first-order valence-electron chi connectivity index (χ1n) is 4.91. The molecule has 0 aliphatic heterocycles. The topological polar surface area (TPSA) is 39.2 Å². The number of aromatic nitrogens is 1. The first-order valence-corrected chi connectivity index (χ1v) is 4.91. The van der Waals surface area contributed by atoms with Gasteiger partial charge in [-0.3, -0.25) is 9.78 Å². The van der Waals surface area contributed by atoms with Crippen molar-refractivity contribution in [3.8, 4) is 0 Å². The predicted molar refractivity (Wildman–Crippen MR) is 51.7 cm³/mol. The van der Waals surface area contributed by atoms with Crippen LogP contribution in [-0.2, 0) is 9.53 Å². The highest BCUT2D eigenvalue weighted by Gasteiger charge is 2.38. The Morgan fingerprint density at radius 1 is 1.60 bits per heavy atom. The van der Waals surface area contributed by atoms with E-state index in [0.717, 1.165) is 19.0 Å². The monoisotopic (exact) mass is 209 g/mol. The summed E-state index contributed by atoms with van der Waals surface area (Å²) in [6.45, 7) is 0. The second-order valence-electron chi connectivity index (χ2n) is 3.74. The van der Waals surface area contributed by atoms with Gasteiger partial charge in [0.25, 0.3) is 0 Å². The van der Waals surface area contributed by atoms with E-state index in [0.29, 0.717) is 11.6 Å². The normalized spacial score (nSPS) is 17.2. The fourth-order valence-electron chi connectivity index (χ4n) is 1.68. The molecule has 0 amide bonds. The van der Waals surface area contributed by atoms with Gasteiger partial charge in [0, 0.05) is 0 Å². The van der Waals surface area contributed by atoms with Gasteiger partial charge in [-0.2, -0.15) is 0 Å². The maximum Gasteiger partial charge on any atom is 0.315 e. The van der Waals surface area contributed by atoms with Crippen molar-refractivity contribution in [3.63, 3.8) is 0 Å². The van der Waals surface area contributed by atoms with Crippen molar-refractivity contribution < 1.29 is 13.9 Å². The largest absolute Gasteiger partial charge is 0.468 e. The summed E-state index contributed by atoms with van der Waals surface area (Å²) in [5.41, 5.74) is 0.603. The molecular formula is C11H12FNO2. The zero-order chi connectivity index (χ0) is 10.8. The number of hydrogen-bond donors (Lipinski definition) is 0. The summed E-state index contributed by atoms with van der Waals surface area (Å²) in [4.78, 5) is 15.5. The number of esters is 1. The lowest BCUT2D eigenvalue weighted by atomic mass is 9.99. The van der Waals surface area contributed by atoms with Crippen LogP contribution in [0.2, 0.25) is 0 Å². The number of rotatable bonds is 3. The van der Waals surface area contributed by atoms with Crippen LogP contribution in [0.1, 0.15) is 24.5 Å². The molecule has 4 heteroatoms. The van der Waals surface area contributed by atoms with Gasteiger partial charge in [-0.05, 0) is 30.9 Å². The smallest absolute Gasteiger partial charge is 0.315 e. The van der Waals surface area contributed by atoms with Gasteiger partial charge in [-0.1, -0.05) is 0 Å². The Hall–Kier alpha value is -1.45. The molecule has 1 heterocycles. The SMILES string of the molecule is COC(=O)C(c1ccc(F)cn1)C1CC1. The minimum Gasteiger partial charge on any atom is -0.468 e. The highest BCUT2D eigenvalue weighted by Crippen LogP contribution is 2.42. The molecule has 1 aliphatic rings. The lowest BCUT2D eigenvalue weighted by Crippen LogP contribution is -2.17. The van der Waals surface area contributed by atoms with Gasteiger partial charge in [0.05, 0.1) is 19.0 Å². The molecule has 0 bridgehead atoms. The molecule has 1 aromatic rings. The first kappa shape index (κ1) is 10.1. The minimum atomic E-state index is -0.391. The van der Waals surface area contributed by atoms with Crippen LogP contribution in [0.4, 0.5) is 4.39 Å². The van der Waals surface area contributed by atoms with Crippen molar-refractivity contribution in [2.45, 2.75) is 18.8 Å². The van der Waals surface area contributed by atoms with Crippen molar-refractivity contribution in [3.05, 3.63) is 29.8 Å². The summed E-state index contributed by atoms with van der Waals surface area (Å²) >= 11 is 0. The van der Waals surface area contributed by atoms with Crippen LogP contribution >= 0.6 is 0 Å². The van der Waals surface area contributed by atoms with E-state index in [2.05, 4.69) is 4.98 Å². The van der Waals surface area contributed by atoms with E-state index in [4.69, 9.17) is 4.74 Å². The summed E-state index contributed by atoms with van der Waals surface area (Å²) in [5.74, 6) is -0.680. The molecule has 3 nitrogen and oxygen atoms in total. The van der Waals surface area contributed by atoms with Crippen molar-refractivity contribution in [1.82, 2.24) is 4.98 Å². The fourth-order valence-corrected chi connectivity index (χ4v) is 1.68. The quantitative estimate of drug-likeness (QED) is 0.713. The van der Waals surface area contributed by atoms with Gasteiger partial charge >= 0.3 is 5.97 Å². The number of halogens is 1. The van der Waals surface area contributed by atoms with Gasteiger partial charge in [0.1, 0.15) is 11.7 Å². The molecule has 2 rings (SSSR count). The van der Waals surface area contributed by atoms with Crippen LogP contribution in [0.5, 0.6) is 0 Å². The predicted octanol–water partition coefficient (Wildman–Crippen LogP) is 1.89. The molecule has 0 N–H and O–H groups in total. The van der Waals surface area contributed by atoms with Crippen LogP contribution in [0.3, 0.4) is 0 Å². The fraction of sp³-hybridized carbons (Fsp3) is 0.455. The Bertz CT molecular complexity index is 359. The van der Waals surface area contributed by atoms with Crippen molar-refractivity contribution in [1.29, 1.82) is 0 Å². The van der Waals surface area contributed by atoms with Crippen molar-refractivity contribution in [2.75, 3.05) is 7.11 Å². The third-order valence-corrected chi connectivity index (χ3v) is 2.62. The van der Waals surface area contributed by atoms with Crippen LogP contribution in [-0.4, -0.2) is 18.1 Å². The molecule has 1 atom stereocenters. The molecular weight excluding hydrogens is 197 g/mol. The number of pyridine rings is 1. The highest BCUT2D eigenvalue weighted by atomic mass is 19.1. The summed E-state index contributed by atoms with van der Waals surface area (Å²) in [5, 5.41) is 0. The highest BCUT2D eigenvalue weighted by molar-refractivity contribution is 5.78. The Kier molecular flexibility index (Phi) is 2.66. The molecule has 80 valence electrons. The van der Waals surface area contributed by atoms with E-state index in [1.165, 1.54) is 13.2 Å². The van der Waals surface area contributed by atoms with Gasteiger partial charge in [-0.25, -0.2) is 4.39 Å². The van der Waals surface area contributed by atoms with Crippen LogP contribution in [0, 0.1) is 11.7 Å². The van der Waals surface area contributed by atoms with E-state index >= 15 is 0 Å². The zero-order valence-corrected chi connectivity index (χ0v) is 8.44. The molecule has 0 radical (unpaired) electrons. The van der Waals surface area contributed by atoms with E-state index in [9.17, 15) is 9.18 Å². The lowest BCUT2D eigenvalue weighted by molar-refractivity contribution is -0.143. The molecule has 0 spiro atoms. The van der Waals surface area contributed by atoms with Crippen LogP contribution in [0.15, 0.2) is 18.3 Å². The van der Waals surface area contributed by atoms with Gasteiger partial charge < -0.3 is 4.74 Å². The first-order chi connectivity index (χ1) is 7.22. The van der Waals surface area contributed by atoms with Crippen LogP contribution in [0.25, 0.3) is 0 Å². The van der Waals surface area contributed by atoms with Crippen molar-refractivity contribution in [2.24, 2.45) is 5.92 Å². The van der Waals surface area contributed by atoms with Crippen LogP contribution < -0.4 is 0 Å². The summed E-state index contributed by atoms with van der Waals surface area (Å²) in [6, 6.07) is 2.87. The minimum absolute atomic E-state index is 0.281. The van der Waals surface area contributed by atoms with Gasteiger partial charge in [0.15, 0.2) is 0 Å². The number of ether oxygens (including phenoxy) is 1. The molecule has 1 saturated carbocycles. The average Bonchev–Trinajstić information content (AvgIpc) is 3.05. The standard InChI is InChI=1S/C11H12FNO2/c1-15-11(14)10(7-2-3-7)9-5-4-8(12)6-13-9/h4-7,10H,2-3H2,1H3. The second-order valence-corrected chi connectivity index (χ2v) is 3.74. The van der Waals surface area contributed by atoms with Gasteiger partial charge in [-0.15, -0.1) is 0 Å². The Balaban J connectivity index is 2.24. The van der Waals surface area contributed by atoms with E-state index in [1.54, 1.807) is 6.07 Å². The van der Waals surface area contributed by atoms with E-state index in [-0.39, 0.29) is 11.9 Å².